The minimum atomic E-state index is -4.52. The number of piperidine rings is 1. The Morgan fingerprint density at radius 2 is 1.72 bits per heavy atom. The van der Waals surface area contributed by atoms with E-state index in [1.165, 1.54) is 0 Å². The molecule has 0 radical (unpaired) electrons. The molecular formula is C21H19F3N2O3. The third-order valence-corrected chi connectivity index (χ3v) is 5.35. The molecule has 2 aliphatic heterocycles. The molecule has 29 heavy (non-hydrogen) atoms. The highest BCUT2D eigenvalue weighted by molar-refractivity contribution is 6.01. The average molecular weight is 404 g/mol. The minimum Gasteiger partial charge on any atom is -0.489 e. The van der Waals surface area contributed by atoms with Gasteiger partial charge in [0.15, 0.2) is 0 Å². The van der Waals surface area contributed by atoms with E-state index in [1.807, 2.05) is 47.8 Å². The van der Waals surface area contributed by atoms with Crippen LogP contribution in [0.5, 0.6) is 5.75 Å². The summed E-state index contributed by atoms with van der Waals surface area (Å²) in [4.78, 5) is 25.1. The fourth-order valence-corrected chi connectivity index (χ4v) is 3.82. The van der Waals surface area contributed by atoms with Gasteiger partial charge in [-0.25, -0.2) is 0 Å². The van der Waals surface area contributed by atoms with Gasteiger partial charge in [-0.2, -0.15) is 13.2 Å². The molecule has 5 nitrogen and oxygen atoms in total. The van der Waals surface area contributed by atoms with Crippen LogP contribution in [0.25, 0.3) is 0 Å². The molecular weight excluding hydrogens is 385 g/mol. The van der Waals surface area contributed by atoms with Crippen LogP contribution in [0.1, 0.15) is 35.6 Å². The van der Waals surface area contributed by atoms with E-state index in [-0.39, 0.29) is 12.8 Å². The Labute approximate surface area is 165 Å². The predicted molar refractivity (Wildman–Crippen MR) is 97.9 cm³/mol. The molecule has 152 valence electrons. The van der Waals surface area contributed by atoms with E-state index >= 15 is 0 Å². The Balaban J connectivity index is 1.59. The summed E-state index contributed by atoms with van der Waals surface area (Å²) in [6.45, 7) is 0.330. The number of fused-ring (bicyclic) bond motifs is 2. The highest BCUT2D eigenvalue weighted by atomic mass is 19.4. The van der Waals surface area contributed by atoms with Gasteiger partial charge in [0.05, 0.1) is 6.04 Å². The topological polar surface area (TPSA) is 67.4 Å². The number of carbonyl (C=O) groups excluding carboxylic acids is 2. The molecule has 0 aromatic heterocycles. The van der Waals surface area contributed by atoms with Gasteiger partial charge in [-0.3, -0.25) is 9.59 Å². The first-order chi connectivity index (χ1) is 13.8. The van der Waals surface area contributed by atoms with Crippen molar-refractivity contribution in [2.24, 2.45) is 5.92 Å². The smallest absolute Gasteiger partial charge is 0.408 e. The van der Waals surface area contributed by atoms with Gasteiger partial charge in [-0.1, -0.05) is 42.5 Å². The summed E-state index contributed by atoms with van der Waals surface area (Å²) >= 11 is 0. The number of amides is 2. The van der Waals surface area contributed by atoms with Crippen molar-refractivity contribution in [1.82, 2.24) is 10.6 Å². The lowest BCUT2D eigenvalue weighted by molar-refractivity contribution is -0.171. The molecule has 8 heteroatoms. The van der Waals surface area contributed by atoms with Crippen LogP contribution in [0.15, 0.2) is 48.5 Å². The quantitative estimate of drug-likeness (QED) is 0.756. The third-order valence-electron chi connectivity index (χ3n) is 5.35. The van der Waals surface area contributed by atoms with Crippen molar-refractivity contribution < 1.29 is 27.5 Å². The number of halogens is 3. The van der Waals surface area contributed by atoms with Crippen LogP contribution in [0.4, 0.5) is 13.2 Å². The molecule has 3 atom stereocenters. The van der Waals surface area contributed by atoms with E-state index < -0.39 is 36.0 Å². The first-order valence-electron chi connectivity index (χ1n) is 9.31. The fourth-order valence-electron chi connectivity index (χ4n) is 3.82. The maximum absolute atomic E-state index is 12.9. The van der Waals surface area contributed by atoms with Crippen molar-refractivity contribution in [2.75, 3.05) is 0 Å². The number of nitrogens with one attached hydrogen (secondary N) is 2. The summed E-state index contributed by atoms with van der Waals surface area (Å²) in [5.41, 5.74) is 2.45. The van der Waals surface area contributed by atoms with Crippen LogP contribution < -0.4 is 15.4 Å². The zero-order valence-corrected chi connectivity index (χ0v) is 15.3. The summed E-state index contributed by atoms with van der Waals surface area (Å²) < 4.78 is 44.4. The first kappa shape index (κ1) is 19.3. The largest absolute Gasteiger partial charge is 0.489 e. The monoisotopic (exact) mass is 404 g/mol. The van der Waals surface area contributed by atoms with E-state index in [9.17, 15) is 22.8 Å². The molecule has 0 aliphatic carbocycles. The van der Waals surface area contributed by atoms with Crippen LogP contribution in [0.2, 0.25) is 0 Å². The van der Waals surface area contributed by atoms with Crippen molar-refractivity contribution in [3.05, 3.63) is 65.2 Å². The van der Waals surface area contributed by atoms with E-state index in [0.717, 1.165) is 16.7 Å². The highest BCUT2D eigenvalue weighted by Crippen LogP contribution is 2.36. The number of carbonyl (C=O) groups is 2. The molecule has 2 N–H and O–H groups in total. The molecule has 0 saturated carbocycles. The molecule has 3 unspecified atom stereocenters. The van der Waals surface area contributed by atoms with Crippen molar-refractivity contribution in [1.29, 1.82) is 0 Å². The summed E-state index contributed by atoms with van der Waals surface area (Å²) in [5.74, 6) is -2.06. The second-order valence-corrected chi connectivity index (χ2v) is 7.20. The Kier molecular flexibility index (Phi) is 4.94. The number of hydrogen-bond acceptors (Lipinski definition) is 3. The standard InChI is InChI=1S/C21H19F3N2O3/c22-21(23,24)17-10-9-15(19(27)25-17)20(28)26-18-13-6-2-1-5-12(13)11-29-16-8-4-3-7-14(16)18/h1-8,15,17-18H,9-11H2,(H,25,27)(H,26,28). The van der Waals surface area contributed by atoms with Crippen LogP contribution in [-0.2, 0) is 16.2 Å². The summed E-state index contributed by atoms with van der Waals surface area (Å²) in [6, 6.07) is 12.2. The van der Waals surface area contributed by atoms with Crippen LogP contribution in [0.3, 0.4) is 0 Å². The number of rotatable bonds is 2. The van der Waals surface area contributed by atoms with Gasteiger partial charge >= 0.3 is 6.18 Å². The van der Waals surface area contributed by atoms with Crippen molar-refractivity contribution in [3.8, 4) is 5.75 Å². The first-order valence-corrected chi connectivity index (χ1v) is 9.31. The molecule has 2 aromatic rings. The van der Waals surface area contributed by atoms with Crippen molar-refractivity contribution in [2.45, 2.75) is 37.7 Å². The second kappa shape index (κ2) is 7.42. The maximum Gasteiger partial charge on any atom is 0.408 e. The van der Waals surface area contributed by atoms with E-state index in [2.05, 4.69) is 5.32 Å². The summed E-state index contributed by atoms with van der Waals surface area (Å²) in [6.07, 6.45) is -5.00. The number of benzene rings is 2. The Hall–Kier alpha value is -3.03. The number of hydrogen-bond donors (Lipinski definition) is 2. The van der Waals surface area contributed by atoms with Gasteiger partial charge in [0.2, 0.25) is 11.8 Å². The van der Waals surface area contributed by atoms with Gasteiger partial charge < -0.3 is 15.4 Å². The van der Waals surface area contributed by atoms with E-state index in [1.54, 1.807) is 6.07 Å². The molecule has 0 bridgehead atoms. The summed E-state index contributed by atoms with van der Waals surface area (Å²) in [7, 11) is 0. The molecule has 2 amide bonds. The van der Waals surface area contributed by atoms with Gasteiger partial charge in [0.25, 0.3) is 0 Å². The lowest BCUT2D eigenvalue weighted by Crippen LogP contribution is -2.54. The Morgan fingerprint density at radius 3 is 2.45 bits per heavy atom. The fraction of sp³-hybridized carbons (Fsp3) is 0.333. The van der Waals surface area contributed by atoms with Crippen LogP contribution >= 0.6 is 0 Å². The maximum atomic E-state index is 12.9. The number of para-hydroxylation sites is 1. The van der Waals surface area contributed by atoms with Crippen molar-refractivity contribution in [3.63, 3.8) is 0 Å². The van der Waals surface area contributed by atoms with Gasteiger partial charge in [0.1, 0.15) is 24.3 Å². The minimum absolute atomic E-state index is 0.158. The average Bonchev–Trinajstić information content (AvgIpc) is 2.85. The summed E-state index contributed by atoms with van der Waals surface area (Å²) in [5, 5.41) is 4.79. The lowest BCUT2D eigenvalue weighted by atomic mass is 9.90. The SMILES string of the molecule is O=C(NC1c2ccccc2COc2ccccc21)C1CCC(C(F)(F)F)NC1=O. The van der Waals surface area contributed by atoms with Crippen molar-refractivity contribution >= 4 is 11.8 Å². The van der Waals surface area contributed by atoms with Gasteiger partial charge in [-0.05, 0) is 30.0 Å². The third kappa shape index (κ3) is 3.79. The number of alkyl halides is 3. The van der Waals surface area contributed by atoms with E-state index in [0.29, 0.717) is 12.4 Å². The van der Waals surface area contributed by atoms with Crippen LogP contribution in [-0.4, -0.2) is 24.0 Å². The highest BCUT2D eigenvalue weighted by Gasteiger charge is 2.46. The molecule has 2 aromatic carbocycles. The molecule has 0 spiro atoms. The van der Waals surface area contributed by atoms with Crippen LogP contribution in [0, 0.1) is 5.92 Å². The molecule has 2 aliphatic rings. The zero-order valence-electron chi connectivity index (χ0n) is 15.3. The molecule has 4 rings (SSSR count). The Morgan fingerprint density at radius 1 is 1.03 bits per heavy atom. The van der Waals surface area contributed by atoms with E-state index in [4.69, 9.17) is 4.74 Å². The van der Waals surface area contributed by atoms with Gasteiger partial charge in [-0.15, -0.1) is 0 Å². The second-order valence-electron chi connectivity index (χ2n) is 7.20. The Bertz CT molecular complexity index is 897. The molecule has 1 saturated heterocycles. The number of ether oxygens (including phenoxy) is 1. The molecule has 2 heterocycles. The molecule has 1 fully saturated rings. The van der Waals surface area contributed by atoms with Gasteiger partial charge in [0, 0.05) is 5.56 Å². The lowest BCUT2D eigenvalue weighted by Gasteiger charge is -2.31. The zero-order chi connectivity index (χ0) is 20.6. The normalized spacial score (nSPS) is 23.7. The predicted octanol–water partition coefficient (Wildman–Crippen LogP) is 3.24.